The van der Waals surface area contributed by atoms with Crippen molar-refractivity contribution in [2.75, 3.05) is 6.54 Å². The monoisotopic (exact) mass is 312 g/mol. The van der Waals surface area contributed by atoms with Crippen molar-refractivity contribution in [2.24, 2.45) is 0 Å². The fourth-order valence-corrected chi connectivity index (χ4v) is 2.43. The number of hydrogen-bond donors (Lipinski definition) is 3. The number of carbonyl (C=O) groups is 1. The zero-order valence-electron chi connectivity index (χ0n) is 11.0. The van der Waals surface area contributed by atoms with E-state index in [1.165, 1.54) is 17.4 Å². The summed E-state index contributed by atoms with van der Waals surface area (Å²) in [6, 6.07) is 4.67. The number of carbonyl (C=O) groups excluding carboxylic acids is 1. The van der Waals surface area contributed by atoms with Crippen molar-refractivity contribution >= 4 is 17.4 Å². The summed E-state index contributed by atoms with van der Waals surface area (Å²) in [7, 11) is 0. The summed E-state index contributed by atoms with van der Waals surface area (Å²) < 4.78 is 26.9. The van der Waals surface area contributed by atoms with Crippen molar-refractivity contribution in [3.63, 3.8) is 0 Å². The van der Waals surface area contributed by atoms with E-state index in [-0.39, 0.29) is 6.54 Å². The molecule has 0 aliphatic carbocycles. The maximum Gasteiger partial charge on any atom is 0.315 e. The number of nitrogens with one attached hydrogen (secondary N) is 2. The van der Waals surface area contributed by atoms with Crippen LogP contribution in [0.25, 0.3) is 0 Å². The minimum absolute atomic E-state index is 0.284. The van der Waals surface area contributed by atoms with E-state index in [1.54, 1.807) is 0 Å². The summed E-state index contributed by atoms with van der Waals surface area (Å²) in [4.78, 5) is 11.5. The van der Waals surface area contributed by atoms with Gasteiger partial charge in [-0.1, -0.05) is 6.07 Å². The van der Waals surface area contributed by atoms with E-state index in [4.69, 9.17) is 0 Å². The van der Waals surface area contributed by atoms with Gasteiger partial charge in [0.2, 0.25) is 0 Å². The molecule has 2 rings (SSSR count). The van der Waals surface area contributed by atoms with Crippen LogP contribution in [0, 0.1) is 11.6 Å². The van der Waals surface area contributed by atoms with Crippen LogP contribution in [0.5, 0.6) is 0 Å². The number of aliphatic hydroxyl groups is 1. The number of thiophene rings is 1. The lowest BCUT2D eigenvalue weighted by molar-refractivity contribution is 0.164. The van der Waals surface area contributed by atoms with Crippen LogP contribution < -0.4 is 10.6 Å². The summed E-state index contributed by atoms with van der Waals surface area (Å²) in [6.45, 7) is 0.0623. The number of rotatable bonds is 5. The highest BCUT2D eigenvalue weighted by Crippen LogP contribution is 2.19. The minimum Gasteiger partial charge on any atom is -0.386 e. The third kappa shape index (κ3) is 4.24. The Kier molecular flexibility index (Phi) is 5.24. The van der Waals surface area contributed by atoms with Crippen LogP contribution in [0.1, 0.15) is 17.2 Å². The van der Waals surface area contributed by atoms with E-state index in [1.807, 2.05) is 16.8 Å². The van der Waals surface area contributed by atoms with Crippen molar-refractivity contribution < 1.29 is 18.7 Å². The highest BCUT2D eigenvalue weighted by atomic mass is 32.1. The van der Waals surface area contributed by atoms with Crippen molar-refractivity contribution in [3.05, 3.63) is 57.8 Å². The van der Waals surface area contributed by atoms with E-state index in [0.29, 0.717) is 6.54 Å². The van der Waals surface area contributed by atoms with E-state index in [0.717, 1.165) is 17.7 Å². The Hall–Kier alpha value is -1.99. The molecule has 0 aliphatic heterocycles. The molecule has 0 fully saturated rings. The van der Waals surface area contributed by atoms with E-state index in [2.05, 4.69) is 10.6 Å². The summed E-state index contributed by atoms with van der Waals surface area (Å²) in [5.41, 5.74) is 0.506. The Bertz CT molecular complexity index is 585. The molecule has 0 bridgehead atoms. The number of hydrogen-bond acceptors (Lipinski definition) is 3. The summed E-state index contributed by atoms with van der Waals surface area (Å²) >= 11 is 1.51. The molecule has 1 heterocycles. The van der Waals surface area contributed by atoms with Gasteiger partial charge >= 0.3 is 6.03 Å². The fourth-order valence-electron chi connectivity index (χ4n) is 1.76. The molecular weight excluding hydrogens is 298 g/mol. The van der Waals surface area contributed by atoms with Crippen LogP contribution in [0.3, 0.4) is 0 Å². The summed E-state index contributed by atoms with van der Waals surface area (Å²) in [6.07, 6.45) is -1.45. The van der Waals surface area contributed by atoms with Crippen molar-refractivity contribution in [1.29, 1.82) is 0 Å². The van der Waals surface area contributed by atoms with Crippen molar-refractivity contribution in [1.82, 2.24) is 10.6 Å². The molecule has 0 aliphatic rings. The molecular formula is C14H14F2N2O2S. The maximum absolute atomic E-state index is 13.4. The van der Waals surface area contributed by atoms with Gasteiger partial charge in [0.15, 0.2) is 0 Å². The van der Waals surface area contributed by atoms with Gasteiger partial charge in [0.25, 0.3) is 0 Å². The van der Waals surface area contributed by atoms with Crippen molar-refractivity contribution in [2.45, 2.75) is 12.6 Å². The van der Waals surface area contributed by atoms with Crippen LogP contribution in [0.4, 0.5) is 13.6 Å². The third-order valence-electron chi connectivity index (χ3n) is 2.82. The molecule has 1 atom stereocenters. The van der Waals surface area contributed by atoms with Gasteiger partial charge in [0.05, 0.1) is 5.56 Å². The van der Waals surface area contributed by atoms with Crippen LogP contribution in [-0.4, -0.2) is 17.7 Å². The van der Waals surface area contributed by atoms with Gasteiger partial charge in [-0.05, 0) is 34.5 Å². The SMILES string of the molecule is O=C(NCc1ccsc1)NCC(O)c1c(F)cccc1F. The first kappa shape index (κ1) is 15.4. The van der Waals surface area contributed by atoms with Gasteiger partial charge in [0.1, 0.15) is 17.7 Å². The number of amides is 2. The molecule has 4 nitrogen and oxygen atoms in total. The Labute approximate surface area is 124 Å². The van der Waals surface area contributed by atoms with Crippen LogP contribution in [0.15, 0.2) is 35.0 Å². The lowest BCUT2D eigenvalue weighted by atomic mass is 10.1. The Morgan fingerprint density at radius 1 is 1.24 bits per heavy atom. The topological polar surface area (TPSA) is 61.4 Å². The van der Waals surface area contributed by atoms with E-state index in [9.17, 15) is 18.7 Å². The lowest BCUT2D eigenvalue weighted by Gasteiger charge is -2.14. The van der Waals surface area contributed by atoms with Gasteiger partial charge in [-0.25, -0.2) is 13.6 Å². The maximum atomic E-state index is 13.4. The Morgan fingerprint density at radius 3 is 2.57 bits per heavy atom. The molecule has 112 valence electrons. The highest BCUT2D eigenvalue weighted by Gasteiger charge is 2.18. The largest absolute Gasteiger partial charge is 0.386 e. The molecule has 2 amide bonds. The molecule has 21 heavy (non-hydrogen) atoms. The Balaban J connectivity index is 1.83. The summed E-state index contributed by atoms with van der Waals surface area (Å²) in [5.74, 6) is -1.69. The molecule has 0 radical (unpaired) electrons. The number of halogens is 2. The van der Waals surface area contributed by atoms with Crippen LogP contribution in [-0.2, 0) is 6.54 Å². The first-order valence-corrected chi connectivity index (χ1v) is 7.17. The van der Waals surface area contributed by atoms with Gasteiger partial charge in [-0.3, -0.25) is 0 Å². The molecule has 3 N–H and O–H groups in total. The molecule has 0 saturated carbocycles. The van der Waals surface area contributed by atoms with E-state index >= 15 is 0 Å². The standard InChI is InChI=1S/C14H14F2N2O2S/c15-10-2-1-3-11(16)13(10)12(19)7-18-14(20)17-6-9-4-5-21-8-9/h1-5,8,12,19H,6-7H2,(H2,17,18,20). The molecule has 7 heteroatoms. The second-order valence-electron chi connectivity index (χ2n) is 4.35. The molecule has 0 saturated heterocycles. The number of benzene rings is 1. The number of aliphatic hydroxyl groups excluding tert-OH is 1. The van der Waals surface area contributed by atoms with Crippen LogP contribution in [0.2, 0.25) is 0 Å². The molecule has 1 unspecified atom stereocenters. The average Bonchev–Trinajstić information content (AvgIpc) is 2.96. The smallest absolute Gasteiger partial charge is 0.315 e. The van der Waals surface area contributed by atoms with Gasteiger partial charge in [0, 0.05) is 13.1 Å². The first-order chi connectivity index (χ1) is 10.1. The second kappa shape index (κ2) is 7.14. The predicted octanol–water partition coefficient (Wildman–Crippen LogP) is 2.56. The molecule has 2 aromatic rings. The summed E-state index contributed by atoms with van der Waals surface area (Å²) in [5, 5.41) is 18.5. The zero-order chi connectivity index (χ0) is 15.2. The van der Waals surface area contributed by atoms with Gasteiger partial charge in [-0.15, -0.1) is 0 Å². The molecule has 1 aromatic heterocycles. The predicted molar refractivity (Wildman–Crippen MR) is 75.9 cm³/mol. The number of urea groups is 1. The van der Waals surface area contributed by atoms with Gasteiger partial charge in [-0.2, -0.15) is 11.3 Å². The van der Waals surface area contributed by atoms with E-state index < -0.39 is 29.3 Å². The van der Waals surface area contributed by atoms with Crippen molar-refractivity contribution in [3.8, 4) is 0 Å². The minimum atomic E-state index is -1.45. The lowest BCUT2D eigenvalue weighted by Crippen LogP contribution is -2.37. The second-order valence-corrected chi connectivity index (χ2v) is 5.13. The fraction of sp³-hybridized carbons (Fsp3) is 0.214. The Morgan fingerprint density at radius 2 is 1.95 bits per heavy atom. The molecule has 0 spiro atoms. The average molecular weight is 312 g/mol. The van der Waals surface area contributed by atoms with Crippen LogP contribution >= 0.6 is 11.3 Å². The third-order valence-corrected chi connectivity index (χ3v) is 3.55. The molecule has 1 aromatic carbocycles. The quantitative estimate of drug-likeness (QED) is 0.794. The normalized spacial score (nSPS) is 12.0. The zero-order valence-corrected chi connectivity index (χ0v) is 11.8. The van der Waals surface area contributed by atoms with Gasteiger partial charge < -0.3 is 15.7 Å². The first-order valence-electron chi connectivity index (χ1n) is 6.22. The highest BCUT2D eigenvalue weighted by molar-refractivity contribution is 7.07.